The number of carbonyl (C=O) groups is 1. The van der Waals surface area contributed by atoms with Gasteiger partial charge in [0.25, 0.3) is 11.5 Å². The van der Waals surface area contributed by atoms with E-state index in [-0.39, 0.29) is 29.6 Å². The van der Waals surface area contributed by atoms with Crippen molar-refractivity contribution in [2.75, 3.05) is 26.2 Å². The van der Waals surface area contributed by atoms with Crippen LogP contribution in [0.2, 0.25) is 0 Å². The Balaban J connectivity index is 1.44. The van der Waals surface area contributed by atoms with Crippen LogP contribution in [0.5, 0.6) is 0 Å². The zero-order chi connectivity index (χ0) is 27.9. The summed E-state index contributed by atoms with van der Waals surface area (Å²) in [5, 5.41) is 10.1. The highest BCUT2D eigenvalue weighted by atomic mass is 32.1. The molecule has 0 spiro atoms. The third-order valence-corrected chi connectivity index (χ3v) is 8.05. The molecule has 3 heterocycles. The number of carbonyl (C=O) groups excluding carboxylic acids is 1. The summed E-state index contributed by atoms with van der Waals surface area (Å²) >= 11 is 1.14. The molecule has 0 aliphatic carbocycles. The average Bonchev–Trinajstić information content (AvgIpc) is 3.30. The fourth-order valence-electron chi connectivity index (χ4n) is 5.01. The van der Waals surface area contributed by atoms with Gasteiger partial charge in [0.05, 0.1) is 16.3 Å². The van der Waals surface area contributed by atoms with Gasteiger partial charge >= 0.3 is 0 Å². The van der Waals surface area contributed by atoms with E-state index >= 15 is 0 Å². The molecule has 2 aromatic carbocycles. The van der Waals surface area contributed by atoms with Crippen molar-refractivity contribution >= 4 is 28.9 Å². The molecule has 7 nitrogen and oxygen atoms in total. The summed E-state index contributed by atoms with van der Waals surface area (Å²) in [6.07, 6.45) is 4.92. The quantitative estimate of drug-likeness (QED) is 0.333. The van der Waals surface area contributed by atoms with Crippen molar-refractivity contribution < 1.29 is 4.79 Å². The van der Waals surface area contributed by atoms with Crippen molar-refractivity contribution in [3.05, 3.63) is 134 Å². The number of aromatic nitrogens is 2. The molecule has 4 aromatic rings. The van der Waals surface area contributed by atoms with Crippen LogP contribution in [0.25, 0.3) is 11.6 Å². The molecule has 1 aliphatic rings. The second-order valence-electron chi connectivity index (χ2n) is 9.41. The van der Waals surface area contributed by atoms with Crippen molar-refractivity contribution in [2.24, 2.45) is 0 Å². The fourth-order valence-corrected chi connectivity index (χ4v) is 6.10. The molecule has 0 radical (unpaired) electrons. The van der Waals surface area contributed by atoms with Crippen LogP contribution in [0, 0.1) is 11.3 Å². The lowest BCUT2D eigenvalue weighted by atomic mass is 9.96. The van der Waals surface area contributed by atoms with Gasteiger partial charge in [0.2, 0.25) is 0 Å². The summed E-state index contributed by atoms with van der Waals surface area (Å²) < 4.78 is 2.20. The van der Waals surface area contributed by atoms with Crippen molar-refractivity contribution in [1.82, 2.24) is 19.4 Å². The van der Waals surface area contributed by atoms with Crippen LogP contribution in [-0.4, -0.2) is 51.4 Å². The lowest BCUT2D eigenvalue weighted by Gasteiger charge is -2.39. The molecule has 1 aliphatic heterocycles. The first kappa shape index (κ1) is 27.0. The van der Waals surface area contributed by atoms with Crippen LogP contribution < -0.4 is 14.8 Å². The average molecular weight is 548 g/mol. The normalized spacial score (nSPS) is 15.1. The molecule has 0 atom stereocenters. The monoisotopic (exact) mass is 547 g/mol. The van der Waals surface area contributed by atoms with Crippen LogP contribution >= 0.6 is 11.3 Å². The van der Waals surface area contributed by atoms with Gasteiger partial charge in [-0.2, -0.15) is 5.26 Å². The minimum Gasteiger partial charge on any atom is -0.335 e. The summed E-state index contributed by atoms with van der Waals surface area (Å²) in [5.74, 6) is -0.360. The van der Waals surface area contributed by atoms with Gasteiger partial charge in [0, 0.05) is 38.9 Å². The Morgan fingerprint density at radius 1 is 0.975 bits per heavy atom. The van der Waals surface area contributed by atoms with Crippen molar-refractivity contribution in [2.45, 2.75) is 12.6 Å². The number of piperazine rings is 1. The van der Waals surface area contributed by atoms with E-state index in [0.717, 1.165) is 11.3 Å². The molecule has 0 N–H and O–H groups in total. The standard InChI is InChI=1S/C32H29N5O2S/c1-2-17-37-31(39)28(22-26-15-9-10-16-34-26)40-32(37)27(23-33)30(38)36-20-18-35(19-21-36)29(24-11-5-3-6-12-24)25-13-7-4-8-14-25/h2-16,22,29H,1,17-21H2/b28-22+,32-27-. The lowest BCUT2D eigenvalue weighted by molar-refractivity contribution is -0.126. The maximum atomic E-state index is 13.7. The maximum Gasteiger partial charge on any atom is 0.269 e. The van der Waals surface area contributed by atoms with E-state index in [2.05, 4.69) is 46.8 Å². The molecule has 40 heavy (non-hydrogen) atoms. The predicted molar refractivity (Wildman–Crippen MR) is 158 cm³/mol. The minimum atomic E-state index is -0.360. The zero-order valence-corrected chi connectivity index (χ0v) is 22.8. The van der Waals surface area contributed by atoms with E-state index in [4.69, 9.17) is 0 Å². The van der Waals surface area contributed by atoms with Crippen molar-refractivity contribution in [1.29, 1.82) is 5.26 Å². The van der Waals surface area contributed by atoms with Gasteiger partial charge in [-0.3, -0.25) is 24.0 Å². The van der Waals surface area contributed by atoms with Crippen LogP contribution in [0.1, 0.15) is 22.9 Å². The molecule has 200 valence electrons. The van der Waals surface area contributed by atoms with E-state index in [1.165, 1.54) is 15.7 Å². The number of hydrogen-bond donors (Lipinski definition) is 0. The number of allylic oxidation sites excluding steroid dienone is 1. The highest BCUT2D eigenvalue weighted by Crippen LogP contribution is 2.29. The van der Waals surface area contributed by atoms with Gasteiger partial charge in [-0.15, -0.1) is 17.9 Å². The smallest absolute Gasteiger partial charge is 0.269 e. The largest absolute Gasteiger partial charge is 0.335 e. The molecule has 0 saturated carbocycles. The van der Waals surface area contributed by atoms with Gasteiger partial charge in [0.15, 0.2) is 5.57 Å². The minimum absolute atomic E-state index is 0.0271. The highest BCUT2D eigenvalue weighted by molar-refractivity contribution is 7.07. The molecule has 8 heteroatoms. The molecule has 0 unspecified atom stereocenters. The molecular formula is C32H29N5O2S. The molecule has 1 saturated heterocycles. The van der Waals surface area contributed by atoms with Crippen molar-refractivity contribution in [3.8, 4) is 6.07 Å². The summed E-state index contributed by atoms with van der Waals surface area (Å²) in [6, 6.07) is 28.3. The SMILES string of the molecule is C=CCn1c(=O)/c(=C\c2ccccn2)s/c1=C(/C#N)C(=O)N1CCN(C(c2ccccc2)c2ccccc2)CC1. The van der Waals surface area contributed by atoms with Gasteiger partial charge in [-0.05, 0) is 29.3 Å². The number of thiazole rings is 1. The number of pyridine rings is 1. The van der Waals surface area contributed by atoms with E-state index in [9.17, 15) is 14.9 Å². The lowest BCUT2D eigenvalue weighted by Crippen LogP contribution is -2.50. The van der Waals surface area contributed by atoms with Gasteiger partial charge < -0.3 is 4.90 Å². The zero-order valence-electron chi connectivity index (χ0n) is 22.0. The van der Waals surface area contributed by atoms with Crippen LogP contribution in [0.4, 0.5) is 0 Å². The number of benzene rings is 2. The molecular weight excluding hydrogens is 518 g/mol. The van der Waals surface area contributed by atoms with Gasteiger partial charge in [-0.1, -0.05) is 72.8 Å². The second kappa shape index (κ2) is 12.5. The van der Waals surface area contributed by atoms with E-state index in [0.29, 0.717) is 41.1 Å². The molecule has 1 amide bonds. The second-order valence-corrected chi connectivity index (χ2v) is 10.4. The molecule has 0 bridgehead atoms. The Hall–Kier alpha value is -4.58. The Labute approximate surface area is 236 Å². The van der Waals surface area contributed by atoms with Gasteiger partial charge in [-0.25, -0.2) is 0 Å². The fraction of sp³-hybridized carbons (Fsp3) is 0.188. The maximum absolute atomic E-state index is 13.7. The summed E-state index contributed by atoms with van der Waals surface area (Å²) in [5.41, 5.74) is 2.72. The van der Waals surface area contributed by atoms with Crippen molar-refractivity contribution in [3.63, 3.8) is 0 Å². The van der Waals surface area contributed by atoms with Crippen LogP contribution in [0.15, 0.2) is 103 Å². The number of rotatable bonds is 7. The number of nitriles is 1. The number of hydrogen-bond acceptors (Lipinski definition) is 6. The predicted octanol–water partition coefficient (Wildman–Crippen LogP) is 2.93. The molecule has 2 aromatic heterocycles. The first-order valence-corrected chi connectivity index (χ1v) is 13.9. The molecule has 5 rings (SSSR count). The highest BCUT2D eigenvalue weighted by Gasteiger charge is 2.30. The Morgan fingerprint density at radius 3 is 2.15 bits per heavy atom. The first-order chi connectivity index (χ1) is 19.6. The third kappa shape index (κ3) is 5.71. The summed E-state index contributed by atoms with van der Waals surface area (Å²) in [4.78, 5) is 35.2. The number of amides is 1. The third-order valence-electron chi connectivity index (χ3n) is 6.92. The summed E-state index contributed by atoms with van der Waals surface area (Å²) in [6.45, 7) is 6.21. The Morgan fingerprint density at radius 2 is 1.60 bits per heavy atom. The van der Waals surface area contributed by atoms with Crippen LogP contribution in [-0.2, 0) is 11.3 Å². The first-order valence-electron chi connectivity index (χ1n) is 13.1. The number of nitrogens with zero attached hydrogens (tertiary/aromatic N) is 5. The van der Waals surface area contributed by atoms with Gasteiger partial charge in [0.1, 0.15) is 10.7 Å². The molecule has 1 fully saturated rings. The van der Waals surface area contributed by atoms with Crippen LogP contribution in [0.3, 0.4) is 0 Å². The van der Waals surface area contributed by atoms with E-state index in [1.54, 1.807) is 35.4 Å². The van der Waals surface area contributed by atoms with E-state index < -0.39 is 0 Å². The topological polar surface area (TPSA) is 82.2 Å². The van der Waals surface area contributed by atoms with E-state index in [1.807, 2.05) is 42.5 Å². The summed E-state index contributed by atoms with van der Waals surface area (Å²) in [7, 11) is 0. The Kier molecular flexibility index (Phi) is 8.45. The Bertz CT molecular complexity index is 1660.